The molecule has 0 fully saturated rings. The van der Waals surface area contributed by atoms with Crippen LogP contribution in [0.15, 0.2) is 72.8 Å². The first-order valence-electron chi connectivity index (χ1n) is 8.07. The van der Waals surface area contributed by atoms with Crippen molar-refractivity contribution in [1.82, 2.24) is 0 Å². The molecule has 0 aliphatic carbocycles. The third-order valence-corrected chi connectivity index (χ3v) is 3.46. The van der Waals surface area contributed by atoms with Gasteiger partial charge in [0.1, 0.15) is 23.0 Å². The molecule has 0 saturated carbocycles. The third kappa shape index (κ3) is 5.05. The average molecular weight is 364 g/mol. The van der Waals surface area contributed by atoms with E-state index in [0.29, 0.717) is 22.9 Å². The quantitative estimate of drug-likeness (QED) is 0.483. The van der Waals surface area contributed by atoms with Crippen LogP contribution >= 0.6 is 0 Å². The zero-order chi connectivity index (χ0) is 19.2. The second kappa shape index (κ2) is 8.01. The highest BCUT2D eigenvalue weighted by atomic mass is 16.6. The monoisotopic (exact) mass is 364 g/mol. The van der Waals surface area contributed by atoms with E-state index < -0.39 is 4.92 Å². The molecule has 7 heteroatoms. The van der Waals surface area contributed by atoms with Crippen LogP contribution in [0, 0.1) is 10.1 Å². The van der Waals surface area contributed by atoms with Gasteiger partial charge in [0.25, 0.3) is 5.69 Å². The summed E-state index contributed by atoms with van der Waals surface area (Å²) in [5, 5.41) is 13.9. The minimum Gasteiger partial charge on any atom is -0.457 e. The van der Waals surface area contributed by atoms with Gasteiger partial charge in [-0.2, -0.15) is 0 Å². The van der Waals surface area contributed by atoms with Crippen LogP contribution in [0.1, 0.15) is 6.92 Å². The molecule has 3 rings (SSSR count). The van der Waals surface area contributed by atoms with E-state index in [-0.39, 0.29) is 17.3 Å². The van der Waals surface area contributed by atoms with Crippen LogP contribution in [-0.2, 0) is 4.79 Å². The van der Waals surface area contributed by atoms with Crippen molar-refractivity contribution in [3.8, 4) is 23.0 Å². The summed E-state index contributed by atoms with van der Waals surface area (Å²) >= 11 is 0. The zero-order valence-electron chi connectivity index (χ0n) is 14.4. The lowest BCUT2D eigenvalue weighted by Crippen LogP contribution is -2.05. The van der Waals surface area contributed by atoms with Gasteiger partial charge in [-0.05, 0) is 36.4 Å². The van der Waals surface area contributed by atoms with Crippen molar-refractivity contribution in [2.45, 2.75) is 6.92 Å². The van der Waals surface area contributed by atoms with Gasteiger partial charge >= 0.3 is 0 Å². The van der Waals surface area contributed by atoms with Crippen LogP contribution in [0.3, 0.4) is 0 Å². The van der Waals surface area contributed by atoms with Crippen molar-refractivity contribution in [1.29, 1.82) is 0 Å². The molecular formula is C20H16N2O5. The number of para-hydroxylation sites is 1. The topological polar surface area (TPSA) is 90.7 Å². The summed E-state index contributed by atoms with van der Waals surface area (Å²) in [5.41, 5.74) is 0.482. The highest BCUT2D eigenvalue weighted by molar-refractivity contribution is 5.88. The van der Waals surface area contributed by atoms with Gasteiger partial charge in [-0.1, -0.05) is 18.2 Å². The molecule has 0 aliphatic heterocycles. The molecule has 0 aromatic heterocycles. The predicted octanol–water partition coefficient (Wildman–Crippen LogP) is 5.14. The summed E-state index contributed by atoms with van der Waals surface area (Å²) in [4.78, 5) is 21.8. The predicted molar refractivity (Wildman–Crippen MR) is 100 cm³/mol. The van der Waals surface area contributed by atoms with E-state index in [0.717, 1.165) is 0 Å². The Labute approximate surface area is 155 Å². The maximum Gasteiger partial charge on any atom is 0.276 e. The van der Waals surface area contributed by atoms with Crippen molar-refractivity contribution in [3.05, 3.63) is 82.9 Å². The molecule has 0 atom stereocenters. The van der Waals surface area contributed by atoms with Crippen molar-refractivity contribution in [2.24, 2.45) is 0 Å². The maximum atomic E-state index is 11.2. The molecule has 0 spiro atoms. The van der Waals surface area contributed by atoms with E-state index in [4.69, 9.17) is 9.47 Å². The SMILES string of the molecule is CC(=O)Nc1ccc(Oc2cc(Oc3ccccc3)cc([N+](=O)[O-])c2)cc1. The molecule has 0 aliphatic rings. The van der Waals surface area contributed by atoms with Crippen LogP contribution in [0.25, 0.3) is 0 Å². The number of non-ortho nitro benzene ring substituents is 1. The Morgan fingerprint density at radius 2 is 1.41 bits per heavy atom. The molecule has 0 saturated heterocycles. The lowest BCUT2D eigenvalue weighted by molar-refractivity contribution is -0.385. The number of anilines is 1. The van der Waals surface area contributed by atoms with Gasteiger partial charge in [-0.3, -0.25) is 14.9 Å². The molecular weight excluding hydrogens is 348 g/mol. The number of nitrogens with one attached hydrogen (secondary N) is 1. The number of rotatable bonds is 6. The van der Waals surface area contributed by atoms with Gasteiger partial charge in [0.15, 0.2) is 0 Å². The number of nitro groups is 1. The smallest absolute Gasteiger partial charge is 0.276 e. The molecule has 3 aromatic rings. The van der Waals surface area contributed by atoms with E-state index >= 15 is 0 Å². The Morgan fingerprint density at radius 1 is 0.852 bits per heavy atom. The normalized spacial score (nSPS) is 10.1. The van der Waals surface area contributed by atoms with Crippen LogP contribution in [0.4, 0.5) is 11.4 Å². The number of ether oxygens (including phenoxy) is 2. The first kappa shape index (κ1) is 17.9. The van der Waals surface area contributed by atoms with Crippen molar-refractivity contribution in [2.75, 3.05) is 5.32 Å². The van der Waals surface area contributed by atoms with E-state index in [2.05, 4.69) is 5.32 Å². The lowest BCUT2D eigenvalue weighted by Gasteiger charge is -2.10. The second-order valence-corrected chi connectivity index (χ2v) is 5.64. The summed E-state index contributed by atoms with van der Waals surface area (Å²) < 4.78 is 11.4. The van der Waals surface area contributed by atoms with Gasteiger partial charge in [0.2, 0.25) is 5.91 Å². The largest absolute Gasteiger partial charge is 0.457 e. The van der Waals surface area contributed by atoms with Gasteiger partial charge < -0.3 is 14.8 Å². The number of carbonyl (C=O) groups is 1. The minimum absolute atomic E-state index is 0.145. The number of nitrogens with zero attached hydrogens (tertiary/aromatic N) is 1. The van der Waals surface area contributed by atoms with Crippen molar-refractivity contribution < 1.29 is 19.2 Å². The van der Waals surface area contributed by atoms with Crippen molar-refractivity contribution in [3.63, 3.8) is 0 Å². The number of benzene rings is 3. The Kier molecular flexibility index (Phi) is 5.32. The van der Waals surface area contributed by atoms with Crippen LogP contribution < -0.4 is 14.8 Å². The second-order valence-electron chi connectivity index (χ2n) is 5.64. The molecule has 0 unspecified atom stereocenters. The maximum absolute atomic E-state index is 11.2. The molecule has 3 aromatic carbocycles. The summed E-state index contributed by atoms with van der Waals surface area (Å²) in [5.74, 6) is 1.41. The average Bonchev–Trinajstić information content (AvgIpc) is 2.63. The molecule has 1 N–H and O–H groups in total. The standard InChI is InChI=1S/C20H16N2O5/c1-14(23)21-15-7-9-18(10-8-15)27-20-12-16(22(24)25)11-19(13-20)26-17-5-3-2-4-6-17/h2-13H,1H3,(H,21,23). The Morgan fingerprint density at radius 3 is 1.93 bits per heavy atom. The van der Waals surface area contributed by atoms with Crippen molar-refractivity contribution >= 4 is 17.3 Å². The molecule has 7 nitrogen and oxygen atoms in total. The fourth-order valence-electron chi connectivity index (χ4n) is 2.35. The Hall–Kier alpha value is -3.87. The number of nitro benzene ring substituents is 1. The highest BCUT2D eigenvalue weighted by Gasteiger charge is 2.13. The number of amides is 1. The zero-order valence-corrected chi connectivity index (χ0v) is 14.4. The molecule has 27 heavy (non-hydrogen) atoms. The van der Waals surface area contributed by atoms with E-state index in [1.165, 1.54) is 19.1 Å². The molecule has 0 heterocycles. The van der Waals surface area contributed by atoms with Crippen LogP contribution in [-0.4, -0.2) is 10.8 Å². The van der Waals surface area contributed by atoms with Gasteiger partial charge in [-0.25, -0.2) is 0 Å². The Bertz CT molecular complexity index is 956. The third-order valence-electron chi connectivity index (χ3n) is 3.46. The van der Waals surface area contributed by atoms with Crippen LogP contribution in [0.2, 0.25) is 0 Å². The van der Waals surface area contributed by atoms with E-state index in [1.54, 1.807) is 54.6 Å². The summed E-state index contributed by atoms with van der Waals surface area (Å²) in [6, 6.07) is 19.8. The molecule has 0 bridgehead atoms. The van der Waals surface area contributed by atoms with Crippen LogP contribution in [0.5, 0.6) is 23.0 Å². The Balaban J connectivity index is 1.83. The van der Waals surface area contributed by atoms with Gasteiger partial charge in [0, 0.05) is 18.7 Å². The number of hydrogen-bond donors (Lipinski definition) is 1. The fourth-order valence-corrected chi connectivity index (χ4v) is 2.35. The summed E-state index contributed by atoms with van der Waals surface area (Å²) in [7, 11) is 0. The summed E-state index contributed by atoms with van der Waals surface area (Å²) in [6.45, 7) is 1.42. The van der Waals surface area contributed by atoms with E-state index in [9.17, 15) is 14.9 Å². The van der Waals surface area contributed by atoms with Gasteiger partial charge in [0.05, 0.1) is 17.1 Å². The number of hydrogen-bond acceptors (Lipinski definition) is 5. The number of carbonyl (C=O) groups excluding carboxylic acids is 1. The highest BCUT2D eigenvalue weighted by Crippen LogP contribution is 2.33. The van der Waals surface area contributed by atoms with Gasteiger partial charge in [-0.15, -0.1) is 0 Å². The lowest BCUT2D eigenvalue weighted by atomic mass is 10.2. The molecule has 136 valence electrons. The van der Waals surface area contributed by atoms with E-state index in [1.807, 2.05) is 6.07 Å². The molecule has 0 radical (unpaired) electrons. The summed E-state index contributed by atoms with van der Waals surface area (Å²) in [6.07, 6.45) is 0. The first-order valence-corrected chi connectivity index (χ1v) is 8.07. The molecule has 1 amide bonds. The fraction of sp³-hybridized carbons (Fsp3) is 0.0500. The minimum atomic E-state index is -0.509. The first-order chi connectivity index (χ1) is 13.0.